The Hall–Kier alpha value is -2.69. The van der Waals surface area contributed by atoms with E-state index in [1.807, 2.05) is 44.2 Å². The van der Waals surface area contributed by atoms with E-state index in [0.717, 1.165) is 15.7 Å². The van der Waals surface area contributed by atoms with Crippen LogP contribution in [0.25, 0.3) is 10.8 Å². The molecule has 0 atom stereocenters. The first-order chi connectivity index (χ1) is 11.0. The van der Waals surface area contributed by atoms with Crippen molar-refractivity contribution in [3.8, 4) is 0 Å². The SMILES string of the molecule is CCC1(CC)NC(=O)N(C(=O)c2cccc3ccccc23)C1=O. The third kappa shape index (κ3) is 2.20. The summed E-state index contributed by atoms with van der Waals surface area (Å²) in [5.41, 5.74) is -0.619. The summed E-state index contributed by atoms with van der Waals surface area (Å²) < 4.78 is 0. The Morgan fingerprint density at radius 2 is 1.70 bits per heavy atom. The molecule has 1 heterocycles. The zero-order chi connectivity index (χ0) is 16.6. The summed E-state index contributed by atoms with van der Waals surface area (Å²) in [7, 11) is 0. The molecule has 3 rings (SSSR count). The van der Waals surface area contributed by atoms with Crippen LogP contribution in [0.3, 0.4) is 0 Å². The quantitative estimate of drug-likeness (QED) is 0.700. The largest absolute Gasteiger partial charge is 0.332 e. The molecule has 1 aliphatic heterocycles. The number of carbonyl (C=O) groups is 3. The van der Waals surface area contributed by atoms with Gasteiger partial charge in [0.15, 0.2) is 0 Å². The molecule has 0 spiro atoms. The van der Waals surface area contributed by atoms with Crippen molar-refractivity contribution in [3.05, 3.63) is 48.0 Å². The normalized spacial score (nSPS) is 16.7. The fraction of sp³-hybridized carbons (Fsp3) is 0.278. The lowest BCUT2D eigenvalue weighted by molar-refractivity contribution is -0.129. The molecule has 4 amide bonds. The molecule has 1 saturated heterocycles. The molecule has 1 aliphatic rings. The highest BCUT2D eigenvalue weighted by atomic mass is 16.2. The predicted octanol–water partition coefficient (Wildman–Crippen LogP) is 3.09. The van der Waals surface area contributed by atoms with E-state index < -0.39 is 23.4 Å². The number of benzene rings is 2. The maximum absolute atomic E-state index is 12.8. The number of fused-ring (bicyclic) bond motifs is 1. The maximum Gasteiger partial charge on any atom is 0.332 e. The Morgan fingerprint density at radius 3 is 2.35 bits per heavy atom. The Balaban J connectivity index is 2.06. The predicted molar refractivity (Wildman–Crippen MR) is 87.0 cm³/mol. The van der Waals surface area contributed by atoms with Gasteiger partial charge in [-0.05, 0) is 29.7 Å². The monoisotopic (exact) mass is 310 g/mol. The molecule has 1 N–H and O–H groups in total. The number of rotatable bonds is 3. The molecule has 5 heteroatoms. The summed E-state index contributed by atoms with van der Waals surface area (Å²) in [6.45, 7) is 3.65. The third-order valence-corrected chi connectivity index (χ3v) is 4.59. The minimum atomic E-state index is -0.975. The van der Waals surface area contributed by atoms with E-state index in [9.17, 15) is 14.4 Å². The van der Waals surface area contributed by atoms with Crippen molar-refractivity contribution in [2.45, 2.75) is 32.2 Å². The van der Waals surface area contributed by atoms with E-state index >= 15 is 0 Å². The van der Waals surface area contributed by atoms with Crippen LogP contribution in [0.2, 0.25) is 0 Å². The molecule has 1 fully saturated rings. The Kier molecular flexibility index (Phi) is 3.64. The van der Waals surface area contributed by atoms with E-state index in [2.05, 4.69) is 5.32 Å². The summed E-state index contributed by atoms with van der Waals surface area (Å²) >= 11 is 0. The van der Waals surface area contributed by atoms with Gasteiger partial charge in [0.05, 0.1) is 0 Å². The highest BCUT2D eigenvalue weighted by molar-refractivity contribution is 6.24. The summed E-state index contributed by atoms with van der Waals surface area (Å²) in [6.07, 6.45) is 0.904. The fourth-order valence-electron chi connectivity index (χ4n) is 3.07. The molecule has 0 radical (unpaired) electrons. The van der Waals surface area contributed by atoms with Gasteiger partial charge in [-0.15, -0.1) is 0 Å². The highest BCUT2D eigenvalue weighted by Crippen LogP contribution is 2.28. The van der Waals surface area contributed by atoms with Crippen LogP contribution in [-0.4, -0.2) is 28.3 Å². The molecule has 5 nitrogen and oxygen atoms in total. The van der Waals surface area contributed by atoms with Crippen LogP contribution in [-0.2, 0) is 4.79 Å². The minimum Gasteiger partial charge on any atom is -0.323 e. The average molecular weight is 310 g/mol. The Morgan fingerprint density at radius 1 is 1.04 bits per heavy atom. The molecule has 0 saturated carbocycles. The first-order valence-electron chi connectivity index (χ1n) is 7.73. The van der Waals surface area contributed by atoms with Crippen molar-refractivity contribution in [2.24, 2.45) is 0 Å². The van der Waals surface area contributed by atoms with Crippen molar-refractivity contribution in [3.63, 3.8) is 0 Å². The van der Waals surface area contributed by atoms with Crippen LogP contribution in [0.5, 0.6) is 0 Å². The first-order valence-corrected chi connectivity index (χ1v) is 7.73. The van der Waals surface area contributed by atoms with E-state index in [1.165, 1.54) is 0 Å². The smallest absolute Gasteiger partial charge is 0.323 e. The number of nitrogens with one attached hydrogen (secondary N) is 1. The van der Waals surface area contributed by atoms with Crippen molar-refractivity contribution in [1.29, 1.82) is 0 Å². The van der Waals surface area contributed by atoms with Crippen LogP contribution in [0, 0.1) is 0 Å². The topological polar surface area (TPSA) is 66.5 Å². The number of hydrogen-bond acceptors (Lipinski definition) is 3. The van der Waals surface area contributed by atoms with Crippen molar-refractivity contribution < 1.29 is 14.4 Å². The zero-order valence-electron chi connectivity index (χ0n) is 13.1. The number of hydrogen-bond donors (Lipinski definition) is 1. The van der Waals surface area contributed by atoms with Gasteiger partial charge < -0.3 is 5.32 Å². The summed E-state index contributed by atoms with van der Waals surface area (Å²) in [5.74, 6) is -1.04. The second kappa shape index (κ2) is 5.50. The van der Waals surface area contributed by atoms with Crippen LogP contribution in [0.15, 0.2) is 42.5 Å². The van der Waals surface area contributed by atoms with Gasteiger partial charge in [0.25, 0.3) is 11.8 Å². The molecule has 0 bridgehead atoms. The molecule has 2 aromatic rings. The molecular formula is C18H18N2O3. The summed E-state index contributed by atoms with van der Waals surface area (Å²) in [5, 5.41) is 4.30. The molecular weight excluding hydrogens is 292 g/mol. The molecule has 2 aromatic carbocycles. The lowest BCUT2D eigenvalue weighted by atomic mass is 9.93. The maximum atomic E-state index is 12.8. The zero-order valence-corrected chi connectivity index (χ0v) is 13.1. The van der Waals surface area contributed by atoms with Crippen LogP contribution in [0.4, 0.5) is 4.79 Å². The fourth-order valence-corrected chi connectivity index (χ4v) is 3.07. The minimum absolute atomic E-state index is 0.356. The number of nitrogens with zero attached hydrogens (tertiary/aromatic N) is 1. The molecule has 23 heavy (non-hydrogen) atoms. The van der Waals surface area contributed by atoms with Crippen molar-refractivity contribution >= 4 is 28.6 Å². The van der Waals surface area contributed by atoms with E-state index in [4.69, 9.17) is 0 Å². The summed E-state index contributed by atoms with van der Waals surface area (Å²) in [6, 6.07) is 12.0. The van der Waals surface area contributed by atoms with E-state index in [1.54, 1.807) is 12.1 Å². The van der Waals surface area contributed by atoms with Crippen LogP contribution < -0.4 is 5.32 Å². The lowest BCUT2D eigenvalue weighted by Gasteiger charge is -2.22. The van der Waals surface area contributed by atoms with Gasteiger partial charge in [-0.25, -0.2) is 4.79 Å². The Labute approximate surface area is 134 Å². The second-order valence-corrected chi connectivity index (χ2v) is 5.69. The van der Waals surface area contributed by atoms with Gasteiger partial charge >= 0.3 is 6.03 Å². The molecule has 0 unspecified atom stereocenters. The van der Waals surface area contributed by atoms with Crippen LogP contribution >= 0.6 is 0 Å². The van der Waals surface area contributed by atoms with Gasteiger partial charge in [0.2, 0.25) is 0 Å². The van der Waals surface area contributed by atoms with Crippen molar-refractivity contribution in [2.75, 3.05) is 0 Å². The molecule has 0 aliphatic carbocycles. The second-order valence-electron chi connectivity index (χ2n) is 5.69. The molecule has 118 valence electrons. The Bertz CT molecular complexity index is 804. The first kappa shape index (κ1) is 15.2. The van der Waals surface area contributed by atoms with Gasteiger partial charge in [-0.3, -0.25) is 9.59 Å². The standard InChI is InChI=1S/C18H18N2O3/c1-3-18(4-2)16(22)20(17(23)19-18)15(21)14-11-7-9-12-8-5-6-10-13(12)14/h5-11H,3-4H2,1-2H3,(H,19,23). The molecule has 0 aromatic heterocycles. The highest BCUT2D eigenvalue weighted by Gasteiger charge is 2.51. The lowest BCUT2D eigenvalue weighted by Crippen LogP contribution is -2.46. The van der Waals surface area contributed by atoms with Gasteiger partial charge in [-0.1, -0.05) is 50.2 Å². The van der Waals surface area contributed by atoms with Crippen molar-refractivity contribution in [1.82, 2.24) is 10.2 Å². The van der Waals surface area contributed by atoms with E-state index in [-0.39, 0.29) is 0 Å². The van der Waals surface area contributed by atoms with Gasteiger partial charge in [0.1, 0.15) is 5.54 Å². The third-order valence-electron chi connectivity index (χ3n) is 4.59. The van der Waals surface area contributed by atoms with Gasteiger partial charge in [0, 0.05) is 5.56 Å². The number of carbonyl (C=O) groups excluding carboxylic acids is 3. The average Bonchev–Trinajstić information content (AvgIpc) is 2.84. The van der Waals surface area contributed by atoms with E-state index in [0.29, 0.717) is 18.4 Å². The number of urea groups is 1. The van der Waals surface area contributed by atoms with Gasteiger partial charge in [-0.2, -0.15) is 4.90 Å². The number of imide groups is 3. The summed E-state index contributed by atoms with van der Waals surface area (Å²) in [4.78, 5) is 38.5. The van der Waals surface area contributed by atoms with Crippen LogP contribution in [0.1, 0.15) is 37.0 Å². The number of amides is 4.